The average Bonchev–Trinajstić information content (AvgIpc) is 2.69. The summed E-state index contributed by atoms with van der Waals surface area (Å²) in [6, 6.07) is 0. The molecular formula is C8H12N2O2. The van der Waals surface area contributed by atoms with E-state index in [1.807, 2.05) is 0 Å². The quantitative estimate of drug-likeness (QED) is 0.737. The van der Waals surface area contributed by atoms with Crippen LogP contribution in [0, 0.1) is 0 Å². The Morgan fingerprint density at radius 3 is 2.83 bits per heavy atom. The van der Waals surface area contributed by atoms with Crippen LogP contribution in [0.3, 0.4) is 0 Å². The van der Waals surface area contributed by atoms with Crippen molar-refractivity contribution in [2.75, 3.05) is 0 Å². The van der Waals surface area contributed by atoms with Crippen molar-refractivity contribution in [2.45, 2.75) is 38.0 Å². The minimum atomic E-state index is -0.438. The van der Waals surface area contributed by atoms with Crippen LogP contribution in [0.1, 0.15) is 38.5 Å². The summed E-state index contributed by atoms with van der Waals surface area (Å²) in [5, 5.41) is 6.17. The van der Waals surface area contributed by atoms with Gasteiger partial charge in [0.1, 0.15) is 0 Å². The number of hydrogen-bond donors (Lipinski definition) is 1. The molecule has 12 heavy (non-hydrogen) atoms. The highest BCUT2D eigenvalue weighted by Gasteiger charge is 2.47. The van der Waals surface area contributed by atoms with Crippen LogP contribution >= 0.6 is 0 Å². The van der Waals surface area contributed by atoms with E-state index in [9.17, 15) is 4.79 Å². The van der Waals surface area contributed by atoms with Crippen LogP contribution < -0.4 is 5.76 Å². The molecule has 1 N–H and O–H groups in total. The standard InChI is InChI=1S/C8H12N2O2/c1-2-3-8(4-5-8)6-9-10-7(11)12-6/h2-5H2,1H3,(H,10,11). The van der Waals surface area contributed by atoms with E-state index in [4.69, 9.17) is 4.42 Å². The molecule has 1 aromatic rings. The molecule has 66 valence electrons. The fourth-order valence-electron chi connectivity index (χ4n) is 1.66. The van der Waals surface area contributed by atoms with Crippen LogP contribution in [-0.4, -0.2) is 10.2 Å². The summed E-state index contributed by atoms with van der Waals surface area (Å²) in [4.78, 5) is 10.7. The van der Waals surface area contributed by atoms with Crippen LogP contribution in [0.4, 0.5) is 0 Å². The van der Waals surface area contributed by atoms with Gasteiger partial charge < -0.3 is 4.42 Å². The van der Waals surface area contributed by atoms with Gasteiger partial charge in [0.25, 0.3) is 0 Å². The number of aromatic amines is 1. The number of aromatic nitrogens is 2. The number of hydrogen-bond acceptors (Lipinski definition) is 3. The SMILES string of the molecule is CCCC1(c2n[nH]c(=O)o2)CC1. The molecule has 0 aliphatic heterocycles. The lowest BCUT2D eigenvalue weighted by Crippen LogP contribution is -2.06. The van der Waals surface area contributed by atoms with Crippen molar-refractivity contribution in [1.82, 2.24) is 10.2 Å². The summed E-state index contributed by atoms with van der Waals surface area (Å²) in [6.45, 7) is 2.13. The van der Waals surface area contributed by atoms with Gasteiger partial charge in [-0.25, -0.2) is 9.89 Å². The van der Waals surface area contributed by atoms with E-state index in [1.54, 1.807) is 0 Å². The highest BCUT2D eigenvalue weighted by atomic mass is 16.4. The predicted molar refractivity (Wildman–Crippen MR) is 42.9 cm³/mol. The van der Waals surface area contributed by atoms with Crippen LogP contribution in [0.5, 0.6) is 0 Å². The second-order valence-corrected chi connectivity index (χ2v) is 3.45. The van der Waals surface area contributed by atoms with Gasteiger partial charge in [-0.05, 0) is 19.3 Å². The van der Waals surface area contributed by atoms with Gasteiger partial charge in [-0.15, -0.1) is 5.10 Å². The van der Waals surface area contributed by atoms with E-state index >= 15 is 0 Å². The second kappa shape index (κ2) is 2.47. The Labute approximate surface area is 70.0 Å². The molecule has 0 unspecified atom stereocenters. The van der Waals surface area contributed by atoms with Gasteiger partial charge in [0.2, 0.25) is 5.89 Å². The van der Waals surface area contributed by atoms with Gasteiger partial charge in [-0.3, -0.25) is 0 Å². The van der Waals surface area contributed by atoms with Crippen LogP contribution in [-0.2, 0) is 5.41 Å². The number of rotatable bonds is 3. The molecule has 0 spiro atoms. The lowest BCUT2D eigenvalue weighted by molar-refractivity contribution is 0.397. The van der Waals surface area contributed by atoms with Crippen molar-refractivity contribution in [2.24, 2.45) is 0 Å². The lowest BCUT2D eigenvalue weighted by atomic mass is 10.0. The third kappa shape index (κ3) is 1.07. The fourth-order valence-corrected chi connectivity index (χ4v) is 1.66. The molecule has 0 aromatic carbocycles. The molecular weight excluding hydrogens is 156 g/mol. The van der Waals surface area contributed by atoms with E-state index in [0.29, 0.717) is 5.89 Å². The highest BCUT2D eigenvalue weighted by molar-refractivity contribution is 5.13. The normalized spacial score (nSPS) is 19.4. The second-order valence-electron chi connectivity index (χ2n) is 3.45. The predicted octanol–water partition coefficient (Wildman–Crippen LogP) is 1.19. The van der Waals surface area contributed by atoms with Crippen molar-refractivity contribution >= 4 is 0 Å². The van der Waals surface area contributed by atoms with E-state index in [-0.39, 0.29) is 5.41 Å². The Bertz CT molecular complexity index is 322. The Morgan fingerprint density at radius 2 is 2.42 bits per heavy atom. The number of H-pyrrole nitrogens is 1. The minimum absolute atomic E-state index is 0.105. The first-order chi connectivity index (χ1) is 5.77. The minimum Gasteiger partial charge on any atom is -0.392 e. The summed E-state index contributed by atoms with van der Waals surface area (Å²) in [5.41, 5.74) is 0.105. The maximum Gasteiger partial charge on any atom is 0.434 e. The molecule has 2 rings (SSSR count). The van der Waals surface area contributed by atoms with E-state index < -0.39 is 5.76 Å². The maximum atomic E-state index is 10.7. The molecule has 1 heterocycles. The Balaban J connectivity index is 2.24. The smallest absolute Gasteiger partial charge is 0.392 e. The average molecular weight is 168 g/mol. The van der Waals surface area contributed by atoms with Crippen molar-refractivity contribution in [3.63, 3.8) is 0 Å². The summed E-state index contributed by atoms with van der Waals surface area (Å²) in [6.07, 6.45) is 4.39. The molecule has 1 saturated carbocycles. The van der Waals surface area contributed by atoms with Crippen LogP contribution in [0.15, 0.2) is 9.21 Å². The van der Waals surface area contributed by atoms with Gasteiger partial charge in [0.05, 0.1) is 0 Å². The fraction of sp³-hybridized carbons (Fsp3) is 0.750. The first-order valence-corrected chi connectivity index (χ1v) is 4.33. The van der Waals surface area contributed by atoms with Gasteiger partial charge in [0, 0.05) is 5.41 Å². The molecule has 4 nitrogen and oxygen atoms in total. The zero-order valence-electron chi connectivity index (χ0n) is 7.09. The number of nitrogens with one attached hydrogen (secondary N) is 1. The zero-order chi connectivity index (χ0) is 8.60. The Kier molecular flexibility index (Phi) is 1.56. The van der Waals surface area contributed by atoms with Crippen molar-refractivity contribution in [3.8, 4) is 0 Å². The summed E-state index contributed by atoms with van der Waals surface area (Å²) in [5.74, 6) is 0.168. The number of nitrogens with zero attached hydrogens (tertiary/aromatic N) is 1. The van der Waals surface area contributed by atoms with Crippen LogP contribution in [0.25, 0.3) is 0 Å². The van der Waals surface area contributed by atoms with E-state index in [2.05, 4.69) is 17.1 Å². The van der Waals surface area contributed by atoms with E-state index in [0.717, 1.165) is 25.7 Å². The molecule has 4 heteroatoms. The maximum absolute atomic E-state index is 10.7. The van der Waals surface area contributed by atoms with Crippen LogP contribution in [0.2, 0.25) is 0 Å². The third-order valence-electron chi connectivity index (χ3n) is 2.47. The molecule has 0 saturated heterocycles. The van der Waals surface area contributed by atoms with Crippen molar-refractivity contribution < 1.29 is 4.42 Å². The Hall–Kier alpha value is -1.06. The molecule has 0 atom stereocenters. The summed E-state index contributed by atoms with van der Waals surface area (Å²) < 4.78 is 4.94. The topological polar surface area (TPSA) is 58.9 Å². The van der Waals surface area contributed by atoms with Gasteiger partial charge in [-0.1, -0.05) is 13.3 Å². The molecule has 1 aromatic heterocycles. The lowest BCUT2D eigenvalue weighted by Gasteiger charge is -2.06. The van der Waals surface area contributed by atoms with Gasteiger partial charge in [0.15, 0.2) is 0 Å². The first-order valence-electron chi connectivity index (χ1n) is 4.33. The monoisotopic (exact) mass is 168 g/mol. The molecule has 1 aliphatic carbocycles. The van der Waals surface area contributed by atoms with Gasteiger partial charge >= 0.3 is 5.76 Å². The van der Waals surface area contributed by atoms with Crippen molar-refractivity contribution in [1.29, 1.82) is 0 Å². The molecule has 1 aliphatic rings. The highest BCUT2D eigenvalue weighted by Crippen LogP contribution is 2.50. The summed E-state index contributed by atoms with van der Waals surface area (Å²) >= 11 is 0. The summed E-state index contributed by atoms with van der Waals surface area (Å²) in [7, 11) is 0. The zero-order valence-corrected chi connectivity index (χ0v) is 7.09. The van der Waals surface area contributed by atoms with Crippen molar-refractivity contribution in [3.05, 3.63) is 16.4 Å². The van der Waals surface area contributed by atoms with E-state index in [1.165, 1.54) is 0 Å². The molecule has 0 radical (unpaired) electrons. The largest absolute Gasteiger partial charge is 0.434 e. The Morgan fingerprint density at radius 1 is 1.67 bits per heavy atom. The molecule has 1 fully saturated rings. The first kappa shape index (κ1) is 7.58. The third-order valence-corrected chi connectivity index (χ3v) is 2.47. The molecule has 0 amide bonds. The molecule has 0 bridgehead atoms. The van der Waals surface area contributed by atoms with Gasteiger partial charge in [-0.2, -0.15) is 0 Å².